The lowest BCUT2D eigenvalue weighted by Gasteiger charge is -2.28. The van der Waals surface area contributed by atoms with Crippen molar-refractivity contribution in [1.29, 1.82) is 0 Å². The standard InChI is InChI=1S/C13H25N3O2S/c1-10(8-18-5)16(6-7-17-4)13-15-12(9-19-13)11(2)14-3/h9-11,14H,6-8H2,1-5H3. The fourth-order valence-corrected chi connectivity index (χ4v) is 2.83. The van der Waals surface area contributed by atoms with E-state index in [9.17, 15) is 0 Å². The molecule has 0 aliphatic heterocycles. The van der Waals surface area contributed by atoms with Gasteiger partial charge in [-0.3, -0.25) is 0 Å². The van der Waals surface area contributed by atoms with Crippen molar-refractivity contribution in [2.45, 2.75) is 25.9 Å². The third-order valence-corrected chi connectivity index (χ3v) is 4.00. The van der Waals surface area contributed by atoms with E-state index >= 15 is 0 Å². The largest absolute Gasteiger partial charge is 0.383 e. The molecule has 1 heterocycles. The summed E-state index contributed by atoms with van der Waals surface area (Å²) < 4.78 is 10.4. The highest BCUT2D eigenvalue weighted by atomic mass is 32.1. The van der Waals surface area contributed by atoms with Gasteiger partial charge in [0.1, 0.15) is 0 Å². The van der Waals surface area contributed by atoms with Crippen molar-refractivity contribution in [3.8, 4) is 0 Å². The predicted octanol–water partition coefficient (Wildman–Crippen LogP) is 1.91. The minimum absolute atomic E-state index is 0.270. The summed E-state index contributed by atoms with van der Waals surface area (Å²) in [6.45, 7) is 6.44. The first-order valence-corrected chi connectivity index (χ1v) is 7.39. The number of aromatic nitrogens is 1. The Bertz CT molecular complexity index is 359. The van der Waals surface area contributed by atoms with Crippen LogP contribution in [0.5, 0.6) is 0 Å². The lowest BCUT2D eigenvalue weighted by Crippen LogP contribution is -2.38. The van der Waals surface area contributed by atoms with Crippen LogP contribution in [0, 0.1) is 0 Å². The quantitative estimate of drug-likeness (QED) is 0.752. The smallest absolute Gasteiger partial charge is 0.185 e. The lowest BCUT2D eigenvalue weighted by molar-refractivity contribution is 0.171. The second-order valence-corrected chi connectivity index (χ2v) is 5.39. The van der Waals surface area contributed by atoms with Crippen LogP contribution in [0.15, 0.2) is 5.38 Å². The minimum atomic E-state index is 0.270. The zero-order valence-corrected chi connectivity index (χ0v) is 13.3. The third-order valence-electron chi connectivity index (χ3n) is 3.11. The van der Waals surface area contributed by atoms with E-state index in [2.05, 4.69) is 29.4 Å². The number of methoxy groups -OCH3 is 2. The summed E-state index contributed by atoms with van der Waals surface area (Å²) in [5.41, 5.74) is 1.08. The Labute approximate surface area is 119 Å². The zero-order valence-electron chi connectivity index (χ0n) is 12.5. The normalized spacial score (nSPS) is 14.4. The number of ether oxygens (including phenoxy) is 2. The van der Waals surface area contributed by atoms with E-state index in [-0.39, 0.29) is 12.1 Å². The molecule has 5 nitrogen and oxygen atoms in total. The number of thiazole rings is 1. The molecule has 0 aliphatic carbocycles. The van der Waals surface area contributed by atoms with Crippen LogP contribution < -0.4 is 10.2 Å². The first kappa shape index (κ1) is 16.4. The van der Waals surface area contributed by atoms with Gasteiger partial charge in [-0.1, -0.05) is 0 Å². The van der Waals surface area contributed by atoms with Gasteiger partial charge in [0.25, 0.3) is 0 Å². The van der Waals surface area contributed by atoms with E-state index in [1.807, 2.05) is 7.05 Å². The maximum atomic E-state index is 5.24. The molecule has 19 heavy (non-hydrogen) atoms. The first-order chi connectivity index (χ1) is 9.13. The predicted molar refractivity (Wildman–Crippen MR) is 80.1 cm³/mol. The highest BCUT2D eigenvalue weighted by molar-refractivity contribution is 7.13. The van der Waals surface area contributed by atoms with Crippen molar-refractivity contribution in [2.24, 2.45) is 0 Å². The van der Waals surface area contributed by atoms with Crippen LogP contribution >= 0.6 is 11.3 Å². The number of hydrogen-bond donors (Lipinski definition) is 1. The van der Waals surface area contributed by atoms with Crippen LogP contribution in [0.25, 0.3) is 0 Å². The van der Waals surface area contributed by atoms with Crippen LogP contribution in [0.3, 0.4) is 0 Å². The summed E-state index contributed by atoms with van der Waals surface area (Å²) >= 11 is 1.67. The molecule has 6 heteroatoms. The number of hydrogen-bond acceptors (Lipinski definition) is 6. The average Bonchev–Trinajstić information content (AvgIpc) is 2.88. The maximum Gasteiger partial charge on any atom is 0.185 e. The van der Waals surface area contributed by atoms with Crippen molar-refractivity contribution >= 4 is 16.5 Å². The fraction of sp³-hybridized carbons (Fsp3) is 0.769. The van der Waals surface area contributed by atoms with E-state index in [1.54, 1.807) is 25.6 Å². The molecule has 2 unspecified atom stereocenters. The Morgan fingerprint density at radius 1 is 1.37 bits per heavy atom. The summed E-state index contributed by atoms with van der Waals surface area (Å²) in [4.78, 5) is 6.95. The highest BCUT2D eigenvalue weighted by Crippen LogP contribution is 2.25. The van der Waals surface area contributed by atoms with Crippen molar-refractivity contribution in [3.05, 3.63) is 11.1 Å². The molecule has 0 amide bonds. The molecular weight excluding hydrogens is 262 g/mol. The molecule has 0 saturated carbocycles. The van der Waals surface area contributed by atoms with Gasteiger partial charge in [0.15, 0.2) is 5.13 Å². The molecule has 1 N–H and O–H groups in total. The number of nitrogens with one attached hydrogen (secondary N) is 1. The molecule has 0 bridgehead atoms. The topological polar surface area (TPSA) is 46.6 Å². The van der Waals surface area contributed by atoms with E-state index < -0.39 is 0 Å². The molecule has 0 aromatic carbocycles. The van der Waals surface area contributed by atoms with Crippen molar-refractivity contribution in [2.75, 3.05) is 45.9 Å². The second-order valence-electron chi connectivity index (χ2n) is 4.56. The molecule has 0 radical (unpaired) electrons. The molecule has 1 rings (SSSR count). The summed E-state index contributed by atoms with van der Waals surface area (Å²) in [6, 6.07) is 0.552. The van der Waals surface area contributed by atoms with Crippen LogP contribution in [-0.4, -0.2) is 52.1 Å². The number of nitrogens with zero attached hydrogens (tertiary/aromatic N) is 2. The molecule has 110 valence electrons. The van der Waals surface area contributed by atoms with Crippen LogP contribution in [0.1, 0.15) is 25.6 Å². The van der Waals surface area contributed by atoms with Gasteiger partial charge in [0.2, 0.25) is 0 Å². The molecule has 0 saturated heterocycles. The monoisotopic (exact) mass is 287 g/mol. The van der Waals surface area contributed by atoms with Gasteiger partial charge in [-0.15, -0.1) is 11.3 Å². The Morgan fingerprint density at radius 3 is 2.68 bits per heavy atom. The Morgan fingerprint density at radius 2 is 2.11 bits per heavy atom. The highest BCUT2D eigenvalue weighted by Gasteiger charge is 2.18. The molecule has 1 aromatic heterocycles. The summed E-state index contributed by atoms with van der Waals surface area (Å²) in [7, 11) is 5.39. The minimum Gasteiger partial charge on any atom is -0.383 e. The summed E-state index contributed by atoms with van der Waals surface area (Å²) in [5.74, 6) is 0. The molecule has 0 aliphatic rings. The van der Waals surface area contributed by atoms with Crippen LogP contribution in [0.4, 0.5) is 5.13 Å². The fourth-order valence-electron chi connectivity index (χ4n) is 1.78. The maximum absolute atomic E-state index is 5.24. The van der Waals surface area contributed by atoms with E-state index in [1.165, 1.54) is 0 Å². The lowest BCUT2D eigenvalue weighted by atomic mass is 10.3. The van der Waals surface area contributed by atoms with Gasteiger partial charge >= 0.3 is 0 Å². The molecule has 2 atom stereocenters. The van der Waals surface area contributed by atoms with Gasteiger partial charge in [0, 0.05) is 32.2 Å². The van der Waals surface area contributed by atoms with Crippen LogP contribution in [-0.2, 0) is 9.47 Å². The molecule has 0 fully saturated rings. The molecular formula is C13H25N3O2S. The van der Waals surface area contributed by atoms with E-state index in [0.29, 0.717) is 13.2 Å². The third kappa shape index (κ3) is 4.72. The second kappa shape index (κ2) is 8.47. The summed E-state index contributed by atoms with van der Waals surface area (Å²) in [6.07, 6.45) is 0. The van der Waals surface area contributed by atoms with E-state index in [0.717, 1.165) is 17.4 Å². The van der Waals surface area contributed by atoms with Crippen molar-refractivity contribution < 1.29 is 9.47 Å². The zero-order chi connectivity index (χ0) is 14.3. The number of anilines is 1. The summed E-state index contributed by atoms with van der Waals surface area (Å²) in [5, 5.41) is 6.34. The SMILES string of the molecule is CNC(C)c1csc(N(CCOC)C(C)COC)n1. The molecule has 1 aromatic rings. The van der Waals surface area contributed by atoms with Gasteiger partial charge < -0.3 is 19.7 Å². The van der Waals surface area contributed by atoms with Crippen molar-refractivity contribution in [1.82, 2.24) is 10.3 Å². The Balaban J connectivity index is 2.81. The van der Waals surface area contributed by atoms with Crippen LogP contribution in [0.2, 0.25) is 0 Å². The van der Waals surface area contributed by atoms with Crippen molar-refractivity contribution in [3.63, 3.8) is 0 Å². The van der Waals surface area contributed by atoms with E-state index in [4.69, 9.17) is 14.5 Å². The van der Waals surface area contributed by atoms with Gasteiger partial charge in [-0.05, 0) is 20.9 Å². The van der Waals surface area contributed by atoms with Gasteiger partial charge in [0.05, 0.1) is 24.9 Å². The number of rotatable bonds is 9. The average molecular weight is 287 g/mol. The first-order valence-electron chi connectivity index (χ1n) is 6.51. The van der Waals surface area contributed by atoms with Gasteiger partial charge in [-0.25, -0.2) is 4.98 Å². The Kier molecular flexibility index (Phi) is 7.30. The molecule has 0 spiro atoms. The Hall–Kier alpha value is -0.690. The van der Waals surface area contributed by atoms with Gasteiger partial charge in [-0.2, -0.15) is 0 Å².